The minimum Gasteiger partial charge on any atom is -0.505 e. The number of hydrogen-bond donors (Lipinski definition) is 1. The van der Waals surface area contributed by atoms with Crippen molar-refractivity contribution in [3.63, 3.8) is 0 Å². The molecule has 0 aromatic heterocycles. The molecular formula is C15H15F5O3. The van der Waals surface area contributed by atoms with Gasteiger partial charge in [0.15, 0.2) is 11.6 Å². The fourth-order valence-electron chi connectivity index (χ4n) is 3.01. The molecule has 1 aromatic rings. The van der Waals surface area contributed by atoms with Crippen LogP contribution in [0.5, 0.6) is 5.75 Å². The van der Waals surface area contributed by atoms with E-state index in [2.05, 4.69) is 0 Å². The number of alkyl halides is 3. The molecule has 23 heavy (non-hydrogen) atoms. The van der Waals surface area contributed by atoms with Gasteiger partial charge in [0.05, 0.1) is 18.4 Å². The van der Waals surface area contributed by atoms with Gasteiger partial charge in [0.1, 0.15) is 0 Å². The highest BCUT2D eigenvalue weighted by Crippen LogP contribution is 2.51. The maximum Gasteiger partial charge on any atom is 0.391 e. The maximum atomic E-state index is 13.5. The molecule has 1 aliphatic carbocycles. The Morgan fingerprint density at radius 3 is 2.52 bits per heavy atom. The monoisotopic (exact) mass is 338 g/mol. The molecule has 1 aliphatic rings. The molecule has 0 spiro atoms. The topological polar surface area (TPSA) is 46.5 Å². The summed E-state index contributed by atoms with van der Waals surface area (Å²) in [7, 11) is 0. The summed E-state index contributed by atoms with van der Waals surface area (Å²) in [4.78, 5) is 11.9. The zero-order valence-electron chi connectivity index (χ0n) is 12.2. The second-order valence-electron chi connectivity index (χ2n) is 5.47. The zero-order valence-corrected chi connectivity index (χ0v) is 12.2. The number of rotatable bonds is 3. The van der Waals surface area contributed by atoms with Gasteiger partial charge in [0.2, 0.25) is 5.82 Å². The van der Waals surface area contributed by atoms with Crippen LogP contribution in [0.2, 0.25) is 0 Å². The first kappa shape index (κ1) is 17.5. The van der Waals surface area contributed by atoms with Crippen LogP contribution in [0.25, 0.3) is 0 Å². The smallest absolute Gasteiger partial charge is 0.391 e. The predicted molar refractivity (Wildman–Crippen MR) is 69.7 cm³/mol. The molecule has 0 heterocycles. The molecule has 1 saturated carbocycles. The highest BCUT2D eigenvalue weighted by Gasteiger charge is 2.51. The molecule has 0 amide bonds. The van der Waals surface area contributed by atoms with Gasteiger partial charge in [-0.3, -0.25) is 4.79 Å². The molecule has 1 N–H and O–H groups in total. The van der Waals surface area contributed by atoms with Crippen molar-refractivity contribution in [2.75, 3.05) is 6.61 Å². The summed E-state index contributed by atoms with van der Waals surface area (Å²) in [6, 6.07) is 1.72. The summed E-state index contributed by atoms with van der Waals surface area (Å²) in [5, 5.41) is 9.71. The number of phenols is 1. The van der Waals surface area contributed by atoms with E-state index in [1.54, 1.807) is 0 Å². The standard InChI is InChI=1S/C15H15F5O3/c1-2-23-14(22)10-6-7(15(18,19)20)5-9(10)8-3-4-11(16)12(17)13(8)21/h3-4,7,9-10,21H,2,5-6H2,1H3/t7-,9-,10+/m0/s1. The lowest BCUT2D eigenvalue weighted by Crippen LogP contribution is -2.22. The second-order valence-corrected chi connectivity index (χ2v) is 5.47. The summed E-state index contributed by atoms with van der Waals surface area (Å²) in [6.07, 6.45) is -5.52. The van der Waals surface area contributed by atoms with Gasteiger partial charge in [-0.15, -0.1) is 0 Å². The quantitative estimate of drug-likeness (QED) is 0.671. The van der Waals surface area contributed by atoms with Crippen molar-refractivity contribution in [1.82, 2.24) is 0 Å². The van der Waals surface area contributed by atoms with Gasteiger partial charge in [-0.2, -0.15) is 17.6 Å². The van der Waals surface area contributed by atoms with Crippen LogP contribution in [0.3, 0.4) is 0 Å². The van der Waals surface area contributed by atoms with Gasteiger partial charge in [-0.1, -0.05) is 6.07 Å². The molecular weight excluding hydrogens is 323 g/mol. The minimum atomic E-state index is -4.52. The summed E-state index contributed by atoms with van der Waals surface area (Å²) in [5.41, 5.74) is -0.214. The zero-order chi connectivity index (χ0) is 17.4. The van der Waals surface area contributed by atoms with E-state index in [0.29, 0.717) is 6.07 Å². The summed E-state index contributed by atoms with van der Waals surface area (Å²) < 4.78 is 70.3. The first-order valence-electron chi connectivity index (χ1n) is 7.07. The average Bonchev–Trinajstić information content (AvgIpc) is 2.90. The third kappa shape index (κ3) is 3.40. The fraction of sp³-hybridized carbons (Fsp3) is 0.533. The molecule has 128 valence electrons. The van der Waals surface area contributed by atoms with E-state index in [9.17, 15) is 31.9 Å². The molecule has 3 atom stereocenters. The average molecular weight is 338 g/mol. The Bertz CT molecular complexity index is 600. The van der Waals surface area contributed by atoms with Crippen LogP contribution < -0.4 is 0 Å². The Morgan fingerprint density at radius 1 is 1.30 bits per heavy atom. The van der Waals surface area contributed by atoms with E-state index >= 15 is 0 Å². The number of ether oxygens (including phenoxy) is 1. The van der Waals surface area contributed by atoms with E-state index in [0.717, 1.165) is 6.07 Å². The molecule has 0 unspecified atom stereocenters. The first-order chi connectivity index (χ1) is 10.7. The highest BCUT2D eigenvalue weighted by molar-refractivity contribution is 5.74. The first-order valence-corrected chi connectivity index (χ1v) is 7.07. The van der Waals surface area contributed by atoms with Crippen LogP contribution in [-0.4, -0.2) is 23.9 Å². The maximum absolute atomic E-state index is 13.5. The van der Waals surface area contributed by atoms with Crippen LogP contribution in [0, 0.1) is 23.5 Å². The van der Waals surface area contributed by atoms with Gasteiger partial charge in [-0.05, 0) is 25.8 Å². The van der Waals surface area contributed by atoms with Crippen molar-refractivity contribution in [2.45, 2.75) is 31.9 Å². The molecule has 0 saturated heterocycles. The Labute approximate surface area is 129 Å². The van der Waals surface area contributed by atoms with Crippen molar-refractivity contribution in [3.8, 4) is 5.75 Å². The van der Waals surface area contributed by atoms with E-state index < -0.39 is 60.1 Å². The molecule has 2 rings (SSSR count). The molecule has 8 heteroatoms. The van der Waals surface area contributed by atoms with Crippen molar-refractivity contribution >= 4 is 5.97 Å². The van der Waals surface area contributed by atoms with Gasteiger partial charge in [0.25, 0.3) is 0 Å². The Morgan fingerprint density at radius 2 is 1.96 bits per heavy atom. The number of carbonyl (C=O) groups is 1. The number of phenolic OH excluding ortho intramolecular Hbond substituents is 1. The SMILES string of the molecule is CCOC(=O)[C@@H]1C[C@@H](C(F)(F)F)C[C@H]1c1ccc(F)c(F)c1O. The van der Waals surface area contributed by atoms with Crippen molar-refractivity contribution in [2.24, 2.45) is 11.8 Å². The predicted octanol–water partition coefficient (Wildman–Crippen LogP) is 3.91. The van der Waals surface area contributed by atoms with Gasteiger partial charge in [-0.25, -0.2) is 4.39 Å². The number of esters is 1. The van der Waals surface area contributed by atoms with Crippen LogP contribution >= 0.6 is 0 Å². The van der Waals surface area contributed by atoms with Crippen molar-refractivity contribution in [1.29, 1.82) is 0 Å². The molecule has 0 aliphatic heterocycles. The van der Waals surface area contributed by atoms with E-state index in [1.165, 1.54) is 6.92 Å². The Kier molecular flexibility index (Phi) is 4.81. The molecule has 1 fully saturated rings. The van der Waals surface area contributed by atoms with Crippen LogP contribution in [0.15, 0.2) is 12.1 Å². The Hall–Kier alpha value is -1.86. The third-order valence-electron chi connectivity index (χ3n) is 4.11. The fourth-order valence-corrected chi connectivity index (χ4v) is 3.01. The molecule has 0 radical (unpaired) electrons. The van der Waals surface area contributed by atoms with Gasteiger partial charge < -0.3 is 9.84 Å². The molecule has 3 nitrogen and oxygen atoms in total. The van der Waals surface area contributed by atoms with Crippen LogP contribution in [-0.2, 0) is 9.53 Å². The number of hydrogen-bond acceptors (Lipinski definition) is 3. The molecule has 1 aromatic carbocycles. The van der Waals surface area contributed by atoms with Crippen molar-refractivity contribution < 1.29 is 36.6 Å². The number of halogens is 5. The van der Waals surface area contributed by atoms with Gasteiger partial charge >= 0.3 is 12.1 Å². The lowest BCUT2D eigenvalue weighted by molar-refractivity contribution is -0.174. The highest BCUT2D eigenvalue weighted by atomic mass is 19.4. The number of benzene rings is 1. The summed E-state index contributed by atoms with van der Waals surface area (Å²) in [6.45, 7) is 1.50. The third-order valence-corrected chi connectivity index (χ3v) is 4.11. The summed E-state index contributed by atoms with van der Waals surface area (Å²) in [5.74, 6) is -8.78. The molecule has 0 bridgehead atoms. The van der Waals surface area contributed by atoms with E-state index in [1.807, 2.05) is 0 Å². The second kappa shape index (κ2) is 6.33. The summed E-state index contributed by atoms with van der Waals surface area (Å²) >= 11 is 0. The minimum absolute atomic E-state index is 0.0114. The van der Waals surface area contributed by atoms with Crippen LogP contribution in [0.1, 0.15) is 31.2 Å². The van der Waals surface area contributed by atoms with Crippen LogP contribution in [0.4, 0.5) is 22.0 Å². The number of aromatic hydroxyl groups is 1. The lowest BCUT2D eigenvalue weighted by atomic mass is 9.88. The van der Waals surface area contributed by atoms with E-state index in [4.69, 9.17) is 4.74 Å². The number of carbonyl (C=O) groups excluding carboxylic acids is 1. The Balaban J connectivity index is 2.40. The lowest BCUT2D eigenvalue weighted by Gasteiger charge is -2.19. The van der Waals surface area contributed by atoms with Crippen molar-refractivity contribution in [3.05, 3.63) is 29.3 Å². The largest absolute Gasteiger partial charge is 0.505 e. The normalized spacial score (nSPS) is 24.7. The van der Waals surface area contributed by atoms with Gasteiger partial charge in [0, 0.05) is 11.5 Å². The van der Waals surface area contributed by atoms with E-state index in [-0.39, 0.29) is 12.2 Å².